The minimum absolute atomic E-state index is 0.0383. The second-order valence-electron chi connectivity index (χ2n) is 3.72. The van der Waals surface area contributed by atoms with Crippen LogP contribution in [0.2, 0.25) is 5.02 Å². The molecule has 98 valence electrons. The van der Waals surface area contributed by atoms with E-state index in [1.807, 2.05) is 0 Å². The number of aryl methyl sites for hydroxylation is 1. The molecule has 0 aliphatic rings. The lowest BCUT2D eigenvalue weighted by Gasteiger charge is -2.00. The lowest BCUT2D eigenvalue weighted by molar-refractivity contribution is -0.384. The quantitative estimate of drug-likeness (QED) is 0.486. The van der Waals surface area contributed by atoms with E-state index in [0.29, 0.717) is 27.7 Å². The number of carbonyl (C=O) groups is 1. The zero-order valence-corrected chi connectivity index (χ0v) is 12.0. The second-order valence-corrected chi connectivity index (χ2v) is 4.88. The maximum Gasteiger partial charge on any atom is 0.288 e. The minimum atomic E-state index is -0.579. The number of nitrogens with zero attached hydrogens (tertiary/aromatic N) is 3. The predicted molar refractivity (Wildman–Crippen MR) is 73.4 cm³/mol. The van der Waals surface area contributed by atoms with Crippen LogP contribution in [0.4, 0.5) is 5.69 Å². The Morgan fingerprint density at radius 1 is 1.53 bits per heavy atom. The highest BCUT2D eigenvalue weighted by molar-refractivity contribution is 9.10. The van der Waals surface area contributed by atoms with Gasteiger partial charge >= 0.3 is 0 Å². The van der Waals surface area contributed by atoms with Gasteiger partial charge in [0.1, 0.15) is 15.3 Å². The number of benzene rings is 1. The Bertz CT molecular complexity index is 684. The van der Waals surface area contributed by atoms with Gasteiger partial charge in [0.05, 0.1) is 10.5 Å². The first-order valence-corrected chi connectivity index (χ1v) is 6.24. The normalized spacial score (nSPS) is 10.5. The van der Waals surface area contributed by atoms with Gasteiger partial charge in [-0.2, -0.15) is 5.10 Å². The average Bonchev–Trinajstić information content (AvgIpc) is 2.65. The molecule has 0 amide bonds. The molecule has 0 aliphatic heterocycles. The third kappa shape index (κ3) is 2.39. The van der Waals surface area contributed by atoms with Crippen molar-refractivity contribution in [3.05, 3.63) is 43.5 Å². The Morgan fingerprint density at radius 3 is 2.79 bits per heavy atom. The molecule has 0 unspecified atom stereocenters. The highest BCUT2D eigenvalue weighted by Gasteiger charge is 2.19. The van der Waals surface area contributed by atoms with Crippen molar-refractivity contribution < 1.29 is 9.72 Å². The zero-order valence-electron chi connectivity index (χ0n) is 9.63. The molecular weight excluding hydrogens is 337 g/mol. The number of aromatic nitrogens is 2. The van der Waals surface area contributed by atoms with E-state index < -0.39 is 4.92 Å². The monoisotopic (exact) mass is 343 g/mol. The molecule has 1 aromatic carbocycles. The molecule has 0 N–H and O–H groups in total. The first kappa shape index (κ1) is 13.7. The molecule has 1 aromatic heterocycles. The van der Waals surface area contributed by atoms with Crippen molar-refractivity contribution in [1.82, 2.24) is 9.78 Å². The fraction of sp³-hybridized carbons (Fsp3) is 0.0909. The number of hydrogen-bond donors (Lipinski definition) is 0. The summed E-state index contributed by atoms with van der Waals surface area (Å²) in [4.78, 5) is 21.3. The van der Waals surface area contributed by atoms with E-state index in [0.717, 1.165) is 0 Å². The van der Waals surface area contributed by atoms with Gasteiger partial charge in [0.15, 0.2) is 6.29 Å². The Labute approximate surface area is 121 Å². The van der Waals surface area contributed by atoms with Crippen molar-refractivity contribution >= 4 is 39.5 Å². The third-order valence-corrected chi connectivity index (χ3v) is 3.81. The molecule has 8 heteroatoms. The molecule has 0 saturated carbocycles. The first-order chi connectivity index (χ1) is 8.95. The smallest absolute Gasteiger partial charge is 0.288 e. The summed E-state index contributed by atoms with van der Waals surface area (Å²) < 4.78 is 1.98. The summed E-state index contributed by atoms with van der Waals surface area (Å²) in [6.07, 6.45) is 0.646. The van der Waals surface area contributed by atoms with E-state index in [1.54, 1.807) is 13.1 Å². The van der Waals surface area contributed by atoms with Gasteiger partial charge in [-0.15, -0.1) is 0 Å². The Morgan fingerprint density at radius 2 is 2.21 bits per heavy atom. The number of rotatable bonds is 3. The summed E-state index contributed by atoms with van der Waals surface area (Å²) in [5.41, 5.74) is 0.931. The van der Waals surface area contributed by atoms with Crippen LogP contribution in [0.1, 0.15) is 10.4 Å². The molecule has 19 heavy (non-hydrogen) atoms. The molecule has 0 atom stereocenters. The number of nitro groups is 1. The van der Waals surface area contributed by atoms with Crippen LogP contribution in [0.5, 0.6) is 0 Å². The predicted octanol–water partition coefficient (Wildman–Crippen LogP) is 3.22. The van der Waals surface area contributed by atoms with Crippen LogP contribution in [0.3, 0.4) is 0 Å². The average molecular weight is 345 g/mol. The lowest BCUT2D eigenvalue weighted by Crippen LogP contribution is -1.92. The zero-order chi connectivity index (χ0) is 14.2. The van der Waals surface area contributed by atoms with Gasteiger partial charge in [-0.1, -0.05) is 17.7 Å². The summed E-state index contributed by atoms with van der Waals surface area (Å²) in [7, 11) is 1.66. The van der Waals surface area contributed by atoms with Crippen molar-refractivity contribution in [3.8, 4) is 11.3 Å². The largest absolute Gasteiger partial charge is 0.298 e. The molecule has 2 aromatic rings. The number of aldehydes is 1. The summed E-state index contributed by atoms with van der Waals surface area (Å²) >= 11 is 8.97. The number of nitro benzene ring substituents is 1. The fourth-order valence-corrected chi connectivity index (χ4v) is 2.18. The molecule has 1 heterocycles. The molecule has 0 radical (unpaired) electrons. The van der Waals surface area contributed by atoms with Gasteiger partial charge in [0.25, 0.3) is 5.69 Å². The third-order valence-electron chi connectivity index (χ3n) is 2.55. The Balaban J connectivity index is 2.66. The first-order valence-electron chi connectivity index (χ1n) is 5.07. The van der Waals surface area contributed by atoms with Crippen LogP contribution < -0.4 is 0 Å². The number of hydrogen-bond acceptors (Lipinski definition) is 4. The van der Waals surface area contributed by atoms with Crippen LogP contribution in [-0.2, 0) is 7.05 Å². The maximum absolute atomic E-state index is 11.1. The molecule has 0 fully saturated rings. The molecule has 0 saturated heterocycles. The standard InChI is InChI=1S/C11H7BrClN3O3/c1-15-11(12)7(5-17)10(14-15)6-2-3-8(13)9(4-6)16(18)19/h2-5H,1H3. The van der Waals surface area contributed by atoms with E-state index in [-0.39, 0.29) is 10.7 Å². The highest BCUT2D eigenvalue weighted by atomic mass is 79.9. The van der Waals surface area contributed by atoms with E-state index in [2.05, 4.69) is 21.0 Å². The van der Waals surface area contributed by atoms with Crippen molar-refractivity contribution in [3.63, 3.8) is 0 Å². The van der Waals surface area contributed by atoms with Crippen molar-refractivity contribution in [2.24, 2.45) is 7.05 Å². The summed E-state index contributed by atoms with van der Waals surface area (Å²) in [5, 5.41) is 15.0. The van der Waals surface area contributed by atoms with Crippen LogP contribution in [0.15, 0.2) is 22.8 Å². The maximum atomic E-state index is 11.1. The lowest BCUT2D eigenvalue weighted by atomic mass is 10.1. The minimum Gasteiger partial charge on any atom is -0.298 e. The molecular formula is C11H7BrClN3O3. The number of halogens is 2. The fourth-order valence-electron chi connectivity index (χ4n) is 1.64. The second kappa shape index (κ2) is 5.10. The van der Waals surface area contributed by atoms with Gasteiger partial charge in [-0.25, -0.2) is 0 Å². The van der Waals surface area contributed by atoms with E-state index in [1.165, 1.54) is 16.8 Å². The van der Waals surface area contributed by atoms with Gasteiger partial charge in [0.2, 0.25) is 0 Å². The van der Waals surface area contributed by atoms with Gasteiger partial charge < -0.3 is 0 Å². The topological polar surface area (TPSA) is 78.0 Å². The Hall–Kier alpha value is -1.73. The van der Waals surface area contributed by atoms with Crippen LogP contribution in [0, 0.1) is 10.1 Å². The van der Waals surface area contributed by atoms with E-state index >= 15 is 0 Å². The highest BCUT2D eigenvalue weighted by Crippen LogP contribution is 2.32. The summed E-state index contributed by atoms with van der Waals surface area (Å²) in [6.45, 7) is 0. The SMILES string of the molecule is Cn1nc(-c2ccc(Cl)c([N+](=O)[O-])c2)c(C=O)c1Br. The van der Waals surface area contributed by atoms with Crippen LogP contribution >= 0.6 is 27.5 Å². The van der Waals surface area contributed by atoms with Crippen LogP contribution in [0.25, 0.3) is 11.3 Å². The summed E-state index contributed by atoms with van der Waals surface area (Å²) in [5.74, 6) is 0. The Kier molecular flexibility index (Phi) is 3.68. The van der Waals surface area contributed by atoms with Crippen molar-refractivity contribution in [2.45, 2.75) is 0 Å². The van der Waals surface area contributed by atoms with E-state index in [9.17, 15) is 14.9 Å². The van der Waals surface area contributed by atoms with Crippen molar-refractivity contribution in [1.29, 1.82) is 0 Å². The van der Waals surface area contributed by atoms with Crippen molar-refractivity contribution in [2.75, 3.05) is 0 Å². The molecule has 0 bridgehead atoms. The number of carbonyl (C=O) groups excluding carboxylic acids is 1. The molecule has 6 nitrogen and oxygen atoms in total. The summed E-state index contributed by atoms with van der Waals surface area (Å²) in [6, 6.07) is 4.29. The molecule has 0 aliphatic carbocycles. The molecule has 0 spiro atoms. The van der Waals surface area contributed by atoms with Gasteiger partial charge in [-0.05, 0) is 22.0 Å². The molecule has 2 rings (SSSR count). The van der Waals surface area contributed by atoms with E-state index in [4.69, 9.17) is 11.6 Å². The van der Waals surface area contributed by atoms with Crippen LogP contribution in [-0.4, -0.2) is 21.0 Å². The van der Waals surface area contributed by atoms with Gasteiger partial charge in [0, 0.05) is 18.7 Å². The van der Waals surface area contributed by atoms with Gasteiger partial charge in [-0.3, -0.25) is 19.6 Å².